The third kappa shape index (κ3) is 6.50. The number of anilines is 6. The molecular formula is C66H71BN2. The Labute approximate surface area is 414 Å². The van der Waals surface area contributed by atoms with Gasteiger partial charge in [-0.2, -0.15) is 0 Å². The molecule has 0 aromatic heterocycles. The number of aryl methyl sites for hydroxylation is 2. The molecule has 7 aromatic carbocycles. The molecule has 12 rings (SSSR count). The molecule has 0 bridgehead atoms. The molecular weight excluding hydrogens is 832 g/mol. The van der Waals surface area contributed by atoms with Gasteiger partial charge in [-0.3, -0.25) is 0 Å². The van der Waals surface area contributed by atoms with Gasteiger partial charge in [0, 0.05) is 34.0 Å². The van der Waals surface area contributed by atoms with Crippen LogP contribution in [0.4, 0.5) is 34.1 Å². The molecule has 0 fully saturated rings. The van der Waals surface area contributed by atoms with Gasteiger partial charge in [-0.05, 0) is 192 Å². The largest absolute Gasteiger partial charge is 0.311 e. The van der Waals surface area contributed by atoms with Crippen LogP contribution in [0.15, 0.2) is 127 Å². The molecule has 0 saturated carbocycles. The van der Waals surface area contributed by atoms with Gasteiger partial charge in [-0.1, -0.05) is 168 Å². The van der Waals surface area contributed by atoms with Gasteiger partial charge in [0.15, 0.2) is 0 Å². The summed E-state index contributed by atoms with van der Waals surface area (Å²) in [5.41, 5.74) is 29.0. The second-order valence-electron chi connectivity index (χ2n) is 26.0. The van der Waals surface area contributed by atoms with E-state index in [2.05, 4.69) is 234 Å². The minimum absolute atomic E-state index is 0.0288. The van der Waals surface area contributed by atoms with Crippen molar-refractivity contribution in [1.82, 2.24) is 0 Å². The fourth-order valence-corrected chi connectivity index (χ4v) is 14.9. The first-order valence-corrected chi connectivity index (χ1v) is 26.0. The van der Waals surface area contributed by atoms with Gasteiger partial charge >= 0.3 is 0 Å². The lowest BCUT2D eigenvalue weighted by molar-refractivity contribution is 0.332. The molecule has 0 unspecified atom stereocenters. The third-order valence-corrected chi connectivity index (χ3v) is 18.0. The molecule has 0 amide bonds. The Hall–Kier alpha value is -5.80. The SMILES string of the molecule is Cc1cc2c3c(c1)N(c1ccc(-c4ccccc4)cc1-c1ccccc1)c1cc4c(cc1B3c1cc3c(cc1N2c1cc2c(cc1C)C(C)(C)CCC2(C)C)C(C)(C)CC3(C)C)C(C)(C)CC4(C)C. The van der Waals surface area contributed by atoms with E-state index in [0.717, 1.165) is 12.8 Å². The minimum Gasteiger partial charge on any atom is -0.311 e. The first-order valence-electron chi connectivity index (χ1n) is 26.0. The Bertz CT molecular complexity index is 3310. The summed E-state index contributed by atoms with van der Waals surface area (Å²) in [6.45, 7) is 34.5. The maximum atomic E-state index is 2.74. The summed E-state index contributed by atoms with van der Waals surface area (Å²) in [6.07, 6.45) is 4.63. The van der Waals surface area contributed by atoms with Crippen LogP contribution in [-0.4, -0.2) is 6.71 Å². The highest BCUT2D eigenvalue weighted by molar-refractivity contribution is 7.00. The minimum atomic E-state index is 0.0288. The summed E-state index contributed by atoms with van der Waals surface area (Å²) in [5, 5.41) is 0. The summed E-state index contributed by atoms with van der Waals surface area (Å²) >= 11 is 0. The van der Waals surface area contributed by atoms with Crippen LogP contribution in [0.1, 0.15) is 153 Å². The number of hydrogen-bond acceptors (Lipinski definition) is 2. The topological polar surface area (TPSA) is 6.48 Å². The molecule has 2 aliphatic heterocycles. The highest BCUT2D eigenvalue weighted by Crippen LogP contribution is 2.57. The zero-order valence-electron chi connectivity index (χ0n) is 43.9. The second kappa shape index (κ2) is 14.4. The lowest BCUT2D eigenvalue weighted by Gasteiger charge is -2.47. The number of rotatable bonds is 4. The Morgan fingerprint density at radius 2 is 0.783 bits per heavy atom. The van der Waals surface area contributed by atoms with Crippen LogP contribution in [-0.2, 0) is 32.5 Å². The van der Waals surface area contributed by atoms with Crippen molar-refractivity contribution >= 4 is 57.2 Å². The smallest absolute Gasteiger partial charge is 0.252 e. The first-order chi connectivity index (χ1) is 32.5. The van der Waals surface area contributed by atoms with Crippen LogP contribution in [0.25, 0.3) is 22.3 Å². The summed E-state index contributed by atoms with van der Waals surface area (Å²) in [7, 11) is 0. The molecule has 2 heterocycles. The average Bonchev–Trinajstić information content (AvgIpc) is 3.60. The van der Waals surface area contributed by atoms with Gasteiger partial charge < -0.3 is 9.80 Å². The predicted octanol–water partition coefficient (Wildman–Crippen LogP) is 16.0. The summed E-state index contributed by atoms with van der Waals surface area (Å²) in [4.78, 5) is 5.44. The summed E-state index contributed by atoms with van der Waals surface area (Å²) < 4.78 is 0. The van der Waals surface area contributed by atoms with Crippen LogP contribution < -0.4 is 26.2 Å². The monoisotopic (exact) mass is 903 g/mol. The van der Waals surface area contributed by atoms with E-state index in [4.69, 9.17) is 0 Å². The maximum absolute atomic E-state index is 2.74. The maximum Gasteiger partial charge on any atom is 0.252 e. The molecule has 348 valence electrons. The van der Waals surface area contributed by atoms with Gasteiger partial charge in [-0.25, -0.2) is 0 Å². The van der Waals surface area contributed by atoms with Crippen molar-refractivity contribution < 1.29 is 0 Å². The highest BCUT2D eigenvalue weighted by Gasteiger charge is 2.51. The molecule has 0 atom stereocenters. The van der Waals surface area contributed by atoms with Crippen molar-refractivity contribution in [1.29, 1.82) is 0 Å². The molecule has 0 saturated heterocycles. The van der Waals surface area contributed by atoms with E-state index in [0.29, 0.717) is 0 Å². The number of benzene rings is 7. The van der Waals surface area contributed by atoms with Crippen molar-refractivity contribution in [2.24, 2.45) is 0 Å². The number of fused-ring (bicyclic) bond motifs is 7. The Morgan fingerprint density at radius 3 is 1.29 bits per heavy atom. The van der Waals surface area contributed by atoms with Crippen LogP contribution in [0.3, 0.4) is 0 Å². The fourth-order valence-electron chi connectivity index (χ4n) is 14.9. The zero-order chi connectivity index (χ0) is 48.5. The lowest BCUT2D eigenvalue weighted by Crippen LogP contribution is -2.62. The van der Waals surface area contributed by atoms with E-state index >= 15 is 0 Å². The second-order valence-corrected chi connectivity index (χ2v) is 26.0. The molecule has 5 aliphatic rings. The number of nitrogens with zero attached hydrogens (tertiary/aromatic N) is 2. The van der Waals surface area contributed by atoms with Crippen molar-refractivity contribution in [2.75, 3.05) is 9.80 Å². The first kappa shape index (κ1) is 44.4. The Balaban J connectivity index is 1.22. The van der Waals surface area contributed by atoms with Crippen LogP contribution in [0.5, 0.6) is 0 Å². The molecule has 0 radical (unpaired) electrons. The lowest BCUT2D eigenvalue weighted by atomic mass is 9.33. The van der Waals surface area contributed by atoms with Crippen molar-refractivity contribution in [2.45, 2.75) is 155 Å². The van der Waals surface area contributed by atoms with Gasteiger partial charge in [0.25, 0.3) is 6.71 Å². The van der Waals surface area contributed by atoms with Gasteiger partial charge in [-0.15, -0.1) is 0 Å². The molecule has 0 spiro atoms. The van der Waals surface area contributed by atoms with E-state index in [9.17, 15) is 0 Å². The molecule has 69 heavy (non-hydrogen) atoms. The zero-order valence-corrected chi connectivity index (χ0v) is 43.9. The summed E-state index contributed by atoms with van der Waals surface area (Å²) in [5.74, 6) is 0. The average molecular weight is 903 g/mol. The molecule has 0 N–H and O–H groups in total. The standard InChI is InChI=1S/C66H71BN2/c1-40-29-58-60-59(30-40)69(55-35-49-46(31-41(55)2)61(3,4)27-28-62(49,5)6)57-37-51-48(64(9,10)39-66(51,13)14)34-53(57)67(60)52-33-47-50(65(11,12)38-63(47,7)8)36-56(52)68(58)54-26-25-44(42-21-17-15-18-22-42)32-45(54)43-23-19-16-20-24-43/h15-26,29-37H,27-28,38-39H2,1-14H3. The van der Waals surface area contributed by atoms with E-state index in [1.54, 1.807) is 0 Å². The quantitative estimate of drug-likeness (QED) is 0.162. The third-order valence-electron chi connectivity index (χ3n) is 18.0. The van der Waals surface area contributed by atoms with Gasteiger partial charge in [0.05, 0.1) is 5.69 Å². The van der Waals surface area contributed by atoms with Crippen LogP contribution in [0.2, 0.25) is 0 Å². The molecule has 2 nitrogen and oxygen atoms in total. The van der Waals surface area contributed by atoms with E-state index in [1.165, 1.54) is 130 Å². The normalized spacial score (nSPS) is 19.8. The predicted molar refractivity (Wildman–Crippen MR) is 297 cm³/mol. The number of hydrogen-bond donors (Lipinski definition) is 0. The van der Waals surface area contributed by atoms with Gasteiger partial charge in [0.1, 0.15) is 0 Å². The fraction of sp³-hybridized carbons (Fsp3) is 0.364. The van der Waals surface area contributed by atoms with E-state index in [-0.39, 0.29) is 39.2 Å². The molecule has 3 heteroatoms. The Morgan fingerprint density at radius 1 is 0.362 bits per heavy atom. The summed E-state index contributed by atoms with van der Waals surface area (Å²) in [6, 6.07) is 50.2. The van der Waals surface area contributed by atoms with Crippen molar-refractivity contribution in [3.05, 3.63) is 172 Å². The highest BCUT2D eigenvalue weighted by atomic mass is 15.2. The molecule has 7 aromatic rings. The van der Waals surface area contributed by atoms with E-state index < -0.39 is 0 Å². The van der Waals surface area contributed by atoms with Crippen LogP contribution in [0, 0.1) is 13.8 Å². The van der Waals surface area contributed by atoms with E-state index in [1.807, 2.05) is 0 Å². The van der Waals surface area contributed by atoms with Gasteiger partial charge in [0.2, 0.25) is 0 Å². The van der Waals surface area contributed by atoms with Crippen molar-refractivity contribution in [3.8, 4) is 22.3 Å². The van der Waals surface area contributed by atoms with Crippen molar-refractivity contribution in [3.63, 3.8) is 0 Å². The molecule has 3 aliphatic carbocycles. The Kier molecular flexibility index (Phi) is 9.27. The van der Waals surface area contributed by atoms with Crippen LogP contribution >= 0.6 is 0 Å².